The zero-order valence-corrected chi connectivity index (χ0v) is 10.5. The summed E-state index contributed by atoms with van der Waals surface area (Å²) in [6.45, 7) is 1.55. The van der Waals surface area contributed by atoms with Gasteiger partial charge < -0.3 is 10.5 Å². The van der Waals surface area contributed by atoms with E-state index in [9.17, 15) is 18.0 Å². The van der Waals surface area contributed by atoms with Crippen LogP contribution in [0.4, 0.5) is 13.2 Å². The van der Waals surface area contributed by atoms with E-state index in [1.165, 1.54) is 18.2 Å². The fourth-order valence-electron chi connectivity index (χ4n) is 1.63. The number of carbonyl (C=O) groups excluding carboxylic acids is 1. The Balaban J connectivity index is 2.77. The number of benzene rings is 1. The standard InChI is InChI=1S/C13H16F3NO2/c1-2-5-12(18)19-8-11(17)9-6-3-4-7-10(9)13(14,15)16/h3-4,6-7,11H,2,5,8,17H2,1H3. The third-order valence-corrected chi connectivity index (χ3v) is 2.54. The molecule has 1 aromatic rings. The van der Waals surface area contributed by atoms with E-state index in [4.69, 9.17) is 10.5 Å². The first-order valence-corrected chi connectivity index (χ1v) is 5.93. The van der Waals surface area contributed by atoms with Crippen LogP contribution in [0.1, 0.15) is 36.9 Å². The number of carbonyl (C=O) groups is 1. The monoisotopic (exact) mass is 275 g/mol. The van der Waals surface area contributed by atoms with E-state index in [-0.39, 0.29) is 18.6 Å². The second-order valence-electron chi connectivity index (χ2n) is 4.12. The van der Waals surface area contributed by atoms with Gasteiger partial charge in [0, 0.05) is 6.42 Å². The van der Waals surface area contributed by atoms with Crippen LogP contribution in [-0.2, 0) is 15.7 Å². The summed E-state index contributed by atoms with van der Waals surface area (Å²) in [5, 5.41) is 0. The molecule has 106 valence electrons. The van der Waals surface area contributed by atoms with Crippen LogP contribution in [0.15, 0.2) is 24.3 Å². The first-order valence-electron chi connectivity index (χ1n) is 5.93. The van der Waals surface area contributed by atoms with E-state index in [2.05, 4.69) is 0 Å². The zero-order chi connectivity index (χ0) is 14.5. The highest BCUT2D eigenvalue weighted by Crippen LogP contribution is 2.33. The second-order valence-corrected chi connectivity index (χ2v) is 4.12. The number of nitrogens with two attached hydrogens (primary N) is 1. The van der Waals surface area contributed by atoms with Crippen LogP contribution < -0.4 is 5.73 Å². The minimum atomic E-state index is -4.47. The Kier molecular flexibility index (Phi) is 5.35. The van der Waals surface area contributed by atoms with Gasteiger partial charge in [0.15, 0.2) is 0 Å². The summed E-state index contributed by atoms with van der Waals surface area (Å²) in [6, 6.07) is 4.03. The van der Waals surface area contributed by atoms with Gasteiger partial charge in [-0.1, -0.05) is 25.1 Å². The summed E-state index contributed by atoms with van der Waals surface area (Å²) in [5.74, 6) is -0.456. The molecule has 0 aliphatic carbocycles. The van der Waals surface area contributed by atoms with Crippen molar-refractivity contribution in [3.63, 3.8) is 0 Å². The summed E-state index contributed by atoms with van der Waals surface area (Å²) in [6.07, 6.45) is -3.62. The molecule has 0 fully saturated rings. The van der Waals surface area contributed by atoms with Gasteiger partial charge >= 0.3 is 12.1 Å². The first-order chi connectivity index (χ1) is 8.86. The normalized spacial score (nSPS) is 13.1. The van der Waals surface area contributed by atoms with E-state index in [0.29, 0.717) is 6.42 Å². The molecule has 1 rings (SSSR count). The topological polar surface area (TPSA) is 52.3 Å². The van der Waals surface area contributed by atoms with Crippen molar-refractivity contribution in [2.24, 2.45) is 5.73 Å². The highest BCUT2D eigenvalue weighted by molar-refractivity contribution is 5.69. The molecule has 1 aromatic carbocycles. The third-order valence-electron chi connectivity index (χ3n) is 2.54. The average Bonchev–Trinajstić information content (AvgIpc) is 2.35. The lowest BCUT2D eigenvalue weighted by Crippen LogP contribution is -2.23. The van der Waals surface area contributed by atoms with Crippen LogP contribution in [0.3, 0.4) is 0 Å². The molecule has 0 aliphatic rings. The maximum Gasteiger partial charge on any atom is 0.416 e. The first kappa shape index (κ1) is 15.5. The number of esters is 1. The maximum absolute atomic E-state index is 12.8. The lowest BCUT2D eigenvalue weighted by atomic mass is 10.0. The second kappa shape index (κ2) is 6.56. The van der Waals surface area contributed by atoms with Gasteiger partial charge in [0.1, 0.15) is 6.61 Å². The molecule has 0 aliphatic heterocycles. The highest BCUT2D eigenvalue weighted by Gasteiger charge is 2.34. The Morgan fingerprint density at radius 3 is 2.58 bits per heavy atom. The molecule has 0 bridgehead atoms. The van der Waals surface area contributed by atoms with Gasteiger partial charge in [0.2, 0.25) is 0 Å². The number of hydrogen-bond donors (Lipinski definition) is 1. The van der Waals surface area contributed by atoms with Crippen molar-refractivity contribution in [3.05, 3.63) is 35.4 Å². The highest BCUT2D eigenvalue weighted by atomic mass is 19.4. The summed E-state index contributed by atoms with van der Waals surface area (Å²) in [7, 11) is 0. The van der Waals surface area contributed by atoms with Crippen LogP contribution in [0.25, 0.3) is 0 Å². The zero-order valence-electron chi connectivity index (χ0n) is 10.5. The molecule has 0 saturated carbocycles. The fraction of sp³-hybridized carbons (Fsp3) is 0.462. The Hall–Kier alpha value is -1.56. The van der Waals surface area contributed by atoms with Crippen molar-refractivity contribution < 1.29 is 22.7 Å². The molecule has 1 unspecified atom stereocenters. The Bertz CT molecular complexity index is 432. The van der Waals surface area contributed by atoms with Crippen LogP contribution in [0.5, 0.6) is 0 Å². The average molecular weight is 275 g/mol. The molecule has 19 heavy (non-hydrogen) atoms. The Morgan fingerprint density at radius 1 is 1.37 bits per heavy atom. The number of halogens is 3. The number of alkyl halides is 3. The molecule has 0 radical (unpaired) electrons. The quantitative estimate of drug-likeness (QED) is 0.840. The smallest absolute Gasteiger partial charge is 0.416 e. The fourth-order valence-corrected chi connectivity index (χ4v) is 1.63. The predicted octanol–water partition coefficient (Wildman–Crippen LogP) is 3.05. The van der Waals surface area contributed by atoms with Crippen LogP contribution in [0, 0.1) is 0 Å². The van der Waals surface area contributed by atoms with E-state index in [1.54, 1.807) is 6.92 Å². The molecule has 0 saturated heterocycles. The van der Waals surface area contributed by atoms with Crippen molar-refractivity contribution in [2.45, 2.75) is 32.0 Å². The summed E-state index contributed by atoms with van der Waals surface area (Å²) in [5.41, 5.74) is 4.79. The van der Waals surface area contributed by atoms with Gasteiger partial charge in [-0.05, 0) is 18.1 Å². The van der Waals surface area contributed by atoms with Crippen molar-refractivity contribution >= 4 is 5.97 Å². The van der Waals surface area contributed by atoms with Crippen molar-refractivity contribution in [1.82, 2.24) is 0 Å². The van der Waals surface area contributed by atoms with E-state index >= 15 is 0 Å². The molecule has 2 N–H and O–H groups in total. The van der Waals surface area contributed by atoms with Gasteiger partial charge in [-0.2, -0.15) is 13.2 Å². The minimum Gasteiger partial charge on any atom is -0.464 e. The minimum absolute atomic E-state index is 0.0701. The van der Waals surface area contributed by atoms with Crippen molar-refractivity contribution in [1.29, 1.82) is 0 Å². The lowest BCUT2D eigenvalue weighted by Gasteiger charge is -2.18. The SMILES string of the molecule is CCCC(=O)OCC(N)c1ccccc1C(F)(F)F. The van der Waals surface area contributed by atoms with Gasteiger partial charge in [-0.3, -0.25) is 4.79 Å². The van der Waals surface area contributed by atoms with E-state index in [1.807, 2.05) is 0 Å². The molecule has 0 heterocycles. The lowest BCUT2D eigenvalue weighted by molar-refractivity contribution is -0.144. The summed E-state index contributed by atoms with van der Waals surface area (Å²) >= 11 is 0. The predicted molar refractivity (Wildman–Crippen MR) is 64.2 cm³/mol. The Labute approximate surface area is 109 Å². The largest absolute Gasteiger partial charge is 0.464 e. The van der Waals surface area contributed by atoms with E-state index < -0.39 is 23.8 Å². The molecule has 0 aromatic heterocycles. The van der Waals surface area contributed by atoms with Gasteiger partial charge in [-0.25, -0.2) is 0 Å². The number of hydrogen-bond acceptors (Lipinski definition) is 3. The van der Waals surface area contributed by atoms with Crippen LogP contribution in [0.2, 0.25) is 0 Å². The van der Waals surface area contributed by atoms with Crippen molar-refractivity contribution in [2.75, 3.05) is 6.61 Å². The van der Waals surface area contributed by atoms with Gasteiger partial charge in [0.25, 0.3) is 0 Å². The molecule has 3 nitrogen and oxygen atoms in total. The van der Waals surface area contributed by atoms with E-state index in [0.717, 1.165) is 6.07 Å². The number of ether oxygens (including phenoxy) is 1. The van der Waals surface area contributed by atoms with Crippen LogP contribution in [-0.4, -0.2) is 12.6 Å². The maximum atomic E-state index is 12.8. The summed E-state index contributed by atoms with van der Waals surface area (Å²) in [4.78, 5) is 11.2. The summed E-state index contributed by atoms with van der Waals surface area (Å²) < 4.78 is 43.1. The molecule has 6 heteroatoms. The number of rotatable bonds is 5. The van der Waals surface area contributed by atoms with Crippen molar-refractivity contribution in [3.8, 4) is 0 Å². The Morgan fingerprint density at radius 2 is 2.00 bits per heavy atom. The molecule has 0 amide bonds. The molecular weight excluding hydrogens is 259 g/mol. The molecular formula is C13H16F3NO2. The third kappa shape index (κ3) is 4.55. The van der Waals surface area contributed by atoms with Gasteiger partial charge in [-0.15, -0.1) is 0 Å². The molecule has 0 spiro atoms. The van der Waals surface area contributed by atoms with Crippen LogP contribution >= 0.6 is 0 Å². The van der Waals surface area contributed by atoms with Gasteiger partial charge in [0.05, 0.1) is 11.6 Å². The molecule has 1 atom stereocenters.